The van der Waals surface area contributed by atoms with E-state index in [-0.39, 0.29) is 11.8 Å². The number of nitrogens with zero attached hydrogens (tertiary/aromatic N) is 2. The minimum absolute atomic E-state index is 0.0994. The third-order valence-corrected chi connectivity index (χ3v) is 5.60. The van der Waals surface area contributed by atoms with Crippen molar-refractivity contribution in [2.75, 3.05) is 26.2 Å². The zero-order valence-corrected chi connectivity index (χ0v) is 16.1. The summed E-state index contributed by atoms with van der Waals surface area (Å²) >= 11 is 0. The average molecular weight is 392 g/mol. The Morgan fingerprint density at radius 3 is 2.68 bits per heavy atom. The third kappa shape index (κ3) is 5.54. The minimum atomic E-state index is -1.19. The molecule has 2 fully saturated rings. The second-order valence-corrected chi connectivity index (χ2v) is 7.93. The van der Waals surface area contributed by atoms with Gasteiger partial charge in [0.1, 0.15) is 12.0 Å². The molecule has 9 heteroatoms. The molecular weight excluding hydrogens is 364 g/mol. The fourth-order valence-electron chi connectivity index (χ4n) is 3.63. The lowest BCUT2D eigenvalue weighted by Gasteiger charge is -2.34. The molecule has 154 valence electrons. The van der Waals surface area contributed by atoms with Crippen LogP contribution in [0, 0.1) is 11.8 Å². The van der Waals surface area contributed by atoms with Gasteiger partial charge in [-0.25, -0.2) is 4.79 Å². The molecule has 1 aromatic heterocycles. The molecule has 2 unspecified atom stereocenters. The summed E-state index contributed by atoms with van der Waals surface area (Å²) in [6, 6.07) is 1.04. The van der Waals surface area contributed by atoms with E-state index in [0.717, 1.165) is 44.5 Å². The van der Waals surface area contributed by atoms with Crippen LogP contribution in [0.25, 0.3) is 0 Å². The van der Waals surface area contributed by atoms with Gasteiger partial charge in [0.2, 0.25) is 0 Å². The van der Waals surface area contributed by atoms with Crippen LogP contribution in [-0.4, -0.2) is 65.7 Å². The molecule has 1 aromatic rings. The minimum Gasteiger partial charge on any atom is -0.465 e. The first-order chi connectivity index (χ1) is 13.5. The number of rotatable bonds is 9. The molecule has 1 aliphatic carbocycles. The summed E-state index contributed by atoms with van der Waals surface area (Å²) in [5, 5.41) is 17.8. The Bertz CT molecular complexity index is 694. The maximum Gasteiger partial charge on any atom is 0.405 e. The summed E-state index contributed by atoms with van der Waals surface area (Å²) in [6.07, 6.45) is 3.56. The topological polar surface area (TPSA) is 125 Å². The van der Waals surface area contributed by atoms with E-state index in [9.17, 15) is 14.4 Å². The van der Waals surface area contributed by atoms with Gasteiger partial charge in [-0.15, -0.1) is 0 Å². The number of hydrogen-bond donors (Lipinski definition) is 3. The molecule has 3 N–H and O–H groups in total. The molecule has 1 aliphatic heterocycles. The van der Waals surface area contributed by atoms with Crippen molar-refractivity contribution in [3.8, 4) is 0 Å². The first-order valence-corrected chi connectivity index (χ1v) is 9.88. The smallest absolute Gasteiger partial charge is 0.405 e. The van der Waals surface area contributed by atoms with Crippen molar-refractivity contribution in [2.45, 2.75) is 44.6 Å². The van der Waals surface area contributed by atoms with E-state index in [0.29, 0.717) is 36.9 Å². The highest BCUT2D eigenvalue weighted by atomic mass is 16.5. The maximum atomic E-state index is 12.2. The number of carbonyl (C=O) groups is 3. The Kier molecular flexibility index (Phi) is 6.66. The molecule has 0 radical (unpaired) electrons. The highest BCUT2D eigenvalue weighted by Crippen LogP contribution is 2.40. The second kappa shape index (κ2) is 9.18. The van der Waals surface area contributed by atoms with E-state index in [1.165, 1.54) is 0 Å². The zero-order valence-electron chi connectivity index (χ0n) is 16.1. The van der Waals surface area contributed by atoms with E-state index in [1.807, 2.05) is 6.92 Å². The van der Waals surface area contributed by atoms with Crippen LogP contribution in [0.15, 0.2) is 10.6 Å². The van der Waals surface area contributed by atoms with Gasteiger partial charge < -0.3 is 30.0 Å². The predicted molar refractivity (Wildman–Crippen MR) is 100 cm³/mol. The van der Waals surface area contributed by atoms with Crippen molar-refractivity contribution in [1.29, 1.82) is 0 Å². The number of nitrogens with one attached hydrogen (secondary N) is 2. The van der Waals surface area contributed by atoms with Gasteiger partial charge in [-0.1, -0.05) is 12.1 Å². The summed E-state index contributed by atoms with van der Waals surface area (Å²) in [7, 11) is 0. The molecule has 28 heavy (non-hydrogen) atoms. The fourth-order valence-corrected chi connectivity index (χ4v) is 3.63. The Hall–Kier alpha value is -2.42. The highest BCUT2D eigenvalue weighted by Gasteiger charge is 2.29. The van der Waals surface area contributed by atoms with Crippen LogP contribution < -0.4 is 10.6 Å². The number of aromatic nitrogens is 1. The molecule has 2 amide bonds. The normalized spacial score (nSPS) is 20.3. The summed E-state index contributed by atoms with van der Waals surface area (Å²) in [5.74, 6) is 1.34. The molecule has 1 saturated heterocycles. The van der Waals surface area contributed by atoms with Crippen molar-refractivity contribution in [3.63, 3.8) is 0 Å². The van der Waals surface area contributed by atoms with Crippen molar-refractivity contribution >= 4 is 18.3 Å². The van der Waals surface area contributed by atoms with Crippen molar-refractivity contribution in [1.82, 2.24) is 20.7 Å². The molecule has 2 aliphatic rings. The van der Waals surface area contributed by atoms with Gasteiger partial charge in [0.25, 0.3) is 5.91 Å². The van der Waals surface area contributed by atoms with Crippen LogP contribution >= 0.6 is 0 Å². The molecule has 3 rings (SSSR count). The van der Waals surface area contributed by atoms with E-state index in [4.69, 9.17) is 9.63 Å². The number of piperidine rings is 1. The lowest BCUT2D eigenvalue weighted by molar-refractivity contribution is -0.110. The first kappa shape index (κ1) is 20.3. The molecule has 2 heterocycles. The number of aldehydes is 1. The average Bonchev–Trinajstić information content (AvgIpc) is 3.41. The summed E-state index contributed by atoms with van der Waals surface area (Å²) in [6.45, 7) is 4.85. The van der Waals surface area contributed by atoms with Gasteiger partial charge in [0.15, 0.2) is 5.69 Å². The molecule has 1 saturated carbocycles. The predicted octanol–water partition coefficient (Wildman–Crippen LogP) is 1.47. The summed E-state index contributed by atoms with van der Waals surface area (Å²) in [4.78, 5) is 36.3. The van der Waals surface area contributed by atoms with Gasteiger partial charge in [-0.3, -0.25) is 4.79 Å². The number of carbonyl (C=O) groups excluding carboxylic acids is 2. The SMILES string of the molecule is CC(CN1CCC(CNC(=O)c2cc(C3CC3)on2)CC1)C(C=O)NC(=O)O. The van der Waals surface area contributed by atoms with Gasteiger partial charge in [0.05, 0.1) is 6.04 Å². The van der Waals surface area contributed by atoms with Crippen LogP contribution in [0.3, 0.4) is 0 Å². The third-order valence-electron chi connectivity index (χ3n) is 5.60. The van der Waals surface area contributed by atoms with Crippen LogP contribution in [0.4, 0.5) is 4.79 Å². The Balaban J connectivity index is 1.37. The number of likely N-dealkylation sites (tertiary alicyclic amines) is 1. The molecule has 9 nitrogen and oxygen atoms in total. The van der Waals surface area contributed by atoms with Gasteiger partial charge >= 0.3 is 6.09 Å². The van der Waals surface area contributed by atoms with E-state index in [1.54, 1.807) is 6.07 Å². The molecule has 2 atom stereocenters. The van der Waals surface area contributed by atoms with E-state index >= 15 is 0 Å². The summed E-state index contributed by atoms with van der Waals surface area (Å²) in [5.41, 5.74) is 0.346. The van der Waals surface area contributed by atoms with Crippen molar-refractivity contribution in [3.05, 3.63) is 17.5 Å². The monoisotopic (exact) mass is 392 g/mol. The second-order valence-electron chi connectivity index (χ2n) is 7.93. The van der Waals surface area contributed by atoms with Crippen LogP contribution in [0.2, 0.25) is 0 Å². The number of carboxylic acid groups (broad SMARTS) is 1. The Labute approximate surface area is 163 Å². The van der Waals surface area contributed by atoms with Gasteiger partial charge in [0, 0.05) is 25.1 Å². The lowest BCUT2D eigenvalue weighted by Crippen LogP contribution is -2.46. The maximum absolute atomic E-state index is 12.2. The van der Waals surface area contributed by atoms with E-state index < -0.39 is 12.1 Å². The van der Waals surface area contributed by atoms with Crippen molar-refractivity contribution in [2.24, 2.45) is 11.8 Å². The number of hydrogen-bond acceptors (Lipinski definition) is 6. The van der Waals surface area contributed by atoms with Crippen LogP contribution in [0.5, 0.6) is 0 Å². The Morgan fingerprint density at radius 2 is 2.07 bits per heavy atom. The van der Waals surface area contributed by atoms with Crippen LogP contribution in [0.1, 0.15) is 54.8 Å². The number of amides is 2. The van der Waals surface area contributed by atoms with Crippen LogP contribution in [-0.2, 0) is 4.79 Å². The summed E-state index contributed by atoms with van der Waals surface area (Å²) < 4.78 is 5.22. The Morgan fingerprint density at radius 1 is 1.36 bits per heavy atom. The van der Waals surface area contributed by atoms with Crippen molar-refractivity contribution < 1.29 is 24.0 Å². The molecule has 0 spiro atoms. The standard InChI is InChI=1S/C19H28N4O5/c1-12(16(11-24)21-19(26)27)10-23-6-4-13(5-7-23)9-20-18(25)15-8-17(28-22-15)14-2-3-14/h8,11-14,16,21H,2-7,9-10H2,1H3,(H,20,25)(H,26,27). The molecule has 0 aromatic carbocycles. The molecular formula is C19H28N4O5. The van der Waals surface area contributed by atoms with E-state index in [2.05, 4.69) is 20.7 Å². The largest absolute Gasteiger partial charge is 0.465 e. The van der Waals surface area contributed by atoms with Gasteiger partial charge in [-0.05, 0) is 50.6 Å². The highest BCUT2D eigenvalue weighted by molar-refractivity contribution is 5.92. The fraction of sp³-hybridized carbons (Fsp3) is 0.684. The molecule has 0 bridgehead atoms. The first-order valence-electron chi connectivity index (χ1n) is 9.88. The quantitative estimate of drug-likeness (QED) is 0.543. The zero-order chi connectivity index (χ0) is 20.1. The lowest BCUT2D eigenvalue weighted by atomic mass is 9.95. The van der Waals surface area contributed by atoms with Gasteiger partial charge in [-0.2, -0.15) is 0 Å².